The largest absolute Gasteiger partial charge is 0.322 e. The zero-order chi connectivity index (χ0) is 22.9. The minimum absolute atomic E-state index is 0.297. The molecule has 0 saturated carbocycles. The molecule has 5 aromatic rings. The Hall–Kier alpha value is -4.32. The first-order valence-electron chi connectivity index (χ1n) is 10.6. The van der Waals surface area contributed by atoms with Crippen LogP contribution in [0.25, 0.3) is 28.0 Å². The number of aromatic nitrogens is 3. The number of carbonyl (C=O) groups is 1. The quantitative estimate of drug-likeness (QED) is 0.372. The summed E-state index contributed by atoms with van der Waals surface area (Å²) < 4.78 is 15.2. The molecule has 0 atom stereocenters. The van der Waals surface area contributed by atoms with E-state index in [4.69, 9.17) is 0 Å². The summed E-state index contributed by atoms with van der Waals surface area (Å²) in [5.74, 6) is 0.200. The lowest BCUT2D eigenvalue weighted by Crippen LogP contribution is -2.14. The van der Waals surface area contributed by atoms with Crippen molar-refractivity contribution < 1.29 is 9.18 Å². The van der Waals surface area contributed by atoms with Crippen LogP contribution >= 0.6 is 0 Å². The van der Waals surface area contributed by atoms with E-state index in [0.29, 0.717) is 16.9 Å². The van der Waals surface area contributed by atoms with Gasteiger partial charge in [-0.05, 0) is 56.3 Å². The molecule has 6 heteroatoms. The molecule has 5 nitrogen and oxygen atoms in total. The molecule has 0 aliphatic rings. The van der Waals surface area contributed by atoms with Crippen LogP contribution in [0.1, 0.15) is 21.6 Å². The summed E-state index contributed by atoms with van der Waals surface area (Å²) in [4.78, 5) is 22.1. The topological polar surface area (TPSA) is 59.3 Å². The van der Waals surface area contributed by atoms with Crippen LogP contribution in [-0.2, 0) is 0 Å². The highest BCUT2D eigenvalue weighted by molar-refractivity contribution is 6.05. The van der Waals surface area contributed by atoms with Crippen LogP contribution in [-0.4, -0.2) is 20.3 Å². The highest BCUT2D eigenvalue weighted by Gasteiger charge is 2.15. The molecule has 1 N–H and O–H groups in total. The van der Waals surface area contributed by atoms with E-state index >= 15 is 0 Å². The Morgan fingerprint density at radius 1 is 0.909 bits per heavy atom. The molecule has 0 radical (unpaired) electrons. The summed E-state index contributed by atoms with van der Waals surface area (Å²) in [6, 6.07) is 19.7. The van der Waals surface area contributed by atoms with Gasteiger partial charge in [-0.15, -0.1) is 0 Å². The lowest BCUT2D eigenvalue weighted by atomic mass is 10.0. The molecule has 0 aliphatic carbocycles. The first kappa shape index (κ1) is 20.6. The highest BCUT2D eigenvalue weighted by Crippen LogP contribution is 2.29. The molecular weight excluding hydrogens is 415 g/mol. The number of nitrogens with zero attached hydrogens (tertiary/aromatic N) is 3. The first-order valence-corrected chi connectivity index (χ1v) is 10.6. The number of hydrogen-bond donors (Lipinski definition) is 1. The van der Waals surface area contributed by atoms with Gasteiger partial charge in [0.2, 0.25) is 0 Å². The van der Waals surface area contributed by atoms with Gasteiger partial charge in [0.1, 0.15) is 11.6 Å². The Kier molecular flexibility index (Phi) is 5.18. The lowest BCUT2D eigenvalue weighted by Gasteiger charge is -2.11. The number of imidazole rings is 1. The van der Waals surface area contributed by atoms with Crippen molar-refractivity contribution in [2.24, 2.45) is 0 Å². The normalized spacial score (nSPS) is 11.0. The minimum atomic E-state index is -0.355. The third-order valence-corrected chi connectivity index (χ3v) is 5.59. The van der Waals surface area contributed by atoms with Gasteiger partial charge in [0.05, 0.1) is 23.0 Å². The van der Waals surface area contributed by atoms with Gasteiger partial charge in [-0.3, -0.25) is 14.2 Å². The Morgan fingerprint density at radius 2 is 1.73 bits per heavy atom. The van der Waals surface area contributed by atoms with Gasteiger partial charge < -0.3 is 5.32 Å². The summed E-state index contributed by atoms with van der Waals surface area (Å²) in [6.07, 6.45) is 5.58. The van der Waals surface area contributed by atoms with Gasteiger partial charge in [-0.25, -0.2) is 9.37 Å². The van der Waals surface area contributed by atoms with Gasteiger partial charge in [0.15, 0.2) is 0 Å². The average molecular weight is 436 g/mol. The zero-order valence-electron chi connectivity index (χ0n) is 18.2. The second-order valence-corrected chi connectivity index (χ2v) is 7.95. The fourth-order valence-electron chi connectivity index (χ4n) is 3.91. The summed E-state index contributed by atoms with van der Waals surface area (Å²) in [7, 11) is 0. The van der Waals surface area contributed by atoms with Crippen molar-refractivity contribution in [3.63, 3.8) is 0 Å². The van der Waals surface area contributed by atoms with Crippen LogP contribution in [0, 0.1) is 19.7 Å². The Labute approximate surface area is 190 Å². The van der Waals surface area contributed by atoms with Crippen molar-refractivity contribution in [3.05, 3.63) is 108 Å². The molecule has 0 saturated heterocycles. The molecule has 33 heavy (non-hydrogen) atoms. The molecule has 2 aromatic carbocycles. The van der Waals surface area contributed by atoms with Crippen molar-refractivity contribution in [2.75, 3.05) is 5.32 Å². The van der Waals surface area contributed by atoms with Crippen molar-refractivity contribution in [1.29, 1.82) is 0 Å². The summed E-state index contributed by atoms with van der Waals surface area (Å²) in [5.41, 5.74) is 6.44. The number of pyridine rings is 2. The van der Waals surface area contributed by atoms with E-state index in [-0.39, 0.29) is 11.7 Å². The number of amides is 1. The molecule has 5 rings (SSSR count). The zero-order valence-corrected chi connectivity index (χ0v) is 18.2. The molecule has 0 fully saturated rings. The van der Waals surface area contributed by atoms with Crippen LogP contribution in [0.4, 0.5) is 10.1 Å². The third kappa shape index (κ3) is 3.99. The third-order valence-electron chi connectivity index (χ3n) is 5.59. The summed E-state index contributed by atoms with van der Waals surface area (Å²) in [5, 5.41) is 2.81. The minimum Gasteiger partial charge on any atom is -0.322 e. The van der Waals surface area contributed by atoms with E-state index in [9.17, 15) is 9.18 Å². The molecule has 3 heterocycles. The number of nitrogens with one attached hydrogen (secondary N) is 1. The van der Waals surface area contributed by atoms with Gasteiger partial charge in [0, 0.05) is 34.8 Å². The maximum absolute atomic E-state index is 13.2. The SMILES string of the molecule is Cc1cccc(-c2ncc3c(-c4cnc(C)c(C(=O)Nc5ccc(F)cc5)c4)cccn23)c1. The van der Waals surface area contributed by atoms with Crippen LogP contribution < -0.4 is 5.32 Å². The maximum atomic E-state index is 13.2. The van der Waals surface area contributed by atoms with Gasteiger partial charge in [0.25, 0.3) is 5.91 Å². The number of hydrogen-bond acceptors (Lipinski definition) is 3. The first-order chi connectivity index (χ1) is 16.0. The number of rotatable bonds is 4. The standard InChI is InChI=1S/C27H21FN4O/c1-17-5-3-6-19(13-17)26-30-16-25-23(7-4-12-32(25)26)20-14-24(18(2)29-15-20)27(33)31-22-10-8-21(28)9-11-22/h3-16H,1-2H3,(H,31,33). The number of aryl methyl sites for hydroxylation is 2. The average Bonchev–Trinajstić information content (AvgIpc) is 3.25. The smallest absolute Gasteiger partial charge is 0.257 e. The van der Waals surface area contributed by atoms with Crippen LogP contribution in [0.5, 0.6) is 0 Å². The molecule has 3 aromatic heterocycles. The fraction of sp³-hybridized carbons (Fsp3) is 0.0741. The fourth-order valence-corrected chi connectivity index (χ4v) is 3.91. The van der Waals surface area contributed by atoms with E-state index in [2.05, 4.69) is 34.3 Å². The molecule has 0 spiro atoms. The molecule has 162 valence electrons. The van der Waals surface area contributed by atoms with Gasteiger partial charge in [-0.1, -0.05) is 29.8 Å². The van der Waals surface area contributed by atoms with Crippen LogP contribution in [0.3, 0.4) is 0 Å². The highest BCUT2D eigenvalue weighted by atomic mass is 19.1. The number of anilines is 1. The van der Waals surface area contributed by atoms with Crippen molar-refractivity contribution >= 4 is 17.1 Å². The Balaban J connectivity index is 1.54. The monoisotopic (exact) mass is 436 g/mol. The lowest BCUT2D eigenvalue weighted by molar-refractivity contribution is 0.102. The van der Waals surface area contributed by atoms with Crippen LogP contribution in [0.15, 0.2) is 85.3 Å². The van der Waals surface area contributed by atoms with Gasteiger partial charge >= 0.3 is 0 Å². The van der Waals surface area contributed by atoms with E-state index in [1.54, 1.807) is 13.1 Å². The predicted molar refractivity (Wildman–Crippen MR) is 128 cm³/mol. The van der Waals surface area contributed by atoms with E-state index in [0.717, 1.165) is 28.0 Å². The summed E-state index contributed by atoms with van der Waals surface area (Å²) >= 11 is 0. The van der Waals surface area contributed by atoms with E-state index < -0.39 is 0 Å². The van der Waals surface area contributed by atoms with Crippen LogP contribution in [0.2, 0.25) is 0 Å². The van der Waals surface area contributed by atoms with E-state index in [1.807, 2.05) is 47.1 Å². The van der Waals surface area contributed by atoms with Crippen molar-refractivity contribution in [1.82, 2.24) is 14.4 Å². The molecule has 0 unspecified atom stereocenters. The molecular formula is C27H21FN4O. The number of halogens is 1. The molecule has 0 aliphatic heterocycles. The maximum Gasteiger partial charge on any atom is 0.257 e. The summed E-state index contributed by atoms with van der Waals surface area (Å²) in [6.45, 7) is 3.85. The second kappa shape index (κ2) is 8.31. The van der Waals surface area contributed by atoms with Gasteiger partial charge in [-0.2, -0.15) is 0 Å². The number of carbonyl (C=O) groups excluding carboxylic acids is 1. The second-order valence-electron chi connectivity index (χ2n) is 7.95. The Morgan fingerprint density at radius 3 is 2.52 bits per heavy atom. The van der Waals surface area contributed by atoms with Crippen molar-refractivity contribution in [2.45, 2.75) is 13.8 Å². The number of fused-ring (bicyclic) bond motifs is 1. The molecule has 1 amide bonds. The van der Waals surface area contributed by atoms with E-state index in [1.165, 1.54) is 29.8 Å². The molecule has 0 bridgehead atoms. The Bertz CT molecular complexity index is 1490. The van der Waals surface area contributed by atoms with Crippen molar-refractivity contribution in [3.8, 4) is 22.5 Å². The number of benzene rings is 2. The predicted octanol–water partition coefficient (Wildman–Crippen LogP) is 6.07.